The van der Waals surface area contributed by atoms with E-state index in [-0.39, 0.29) is 0 Å². The van der Waals surface area contributed by atoms with Crippen molar-refractivity contribution in [2.24, 2.45) is 0 Å². The molecule has 3 N–H and O–H groups in total. The number of anilines is 1. The maximum Gasteiger partial charge on any atom is 0.330 e. The third-order valence-electron chi connectivity index (χ3n) is 2.49. The van der Waals surface area contributed by atoms with E-state index in [9.17, 15) is 14.7 Å². The Labute approximate surface area is 119 Å². The van der Waals surface area contributed by atoms with Gasteiger partial charge in [0, 0.05) is 5.38 Å². The van der Waals surface area contributed by atoms with E-state index in [0.717, 1.165) is 5.69 Å². The summed E-state index contributed by atoms with van der Waals surface area (Å²) in [5, 5.41) is 16.3. The average Bonchev–Trinajstić information content (AvgIpc) is 2.82. The number of urea groups is 1. The highest BCUT2D eigenvalue weighted by molar-refractivity contribution is 7.13. The molecule has 0 aliphatic rings. The molecule has 2 rings (SSSR count). The van der Waals surface area contributed by atoms with Gasteiger partial charge in [-0.1, -0.05) is 30.3 Å². The molecule has 104 valence electrons. The van der Waals surface area contributed by atoms with Gasteiger partial charge in [-0.15, -0.1) is 11.3 Å². The number of hydrogen-bond donors (Lipinski definition) is 3. The number of carbonyl (C=O) groups excluding carboxylic acids is 1. The monoisotopic (exact) mass is 291 g/mol. The zero-order valence-electron chi connectivity index (χ0n) is 10.7. The maximum atomic E-state index is 11.8. The van der Waals surface area contributed by atoms with E-state index in [0.29, 0.717) is 10.7 Å². The number of rotatable bonds is 4. The molecular weight excluding hydrogens is 278 g/mol. The Hall–Kier alpha value is -2.41. The zero-order chi connectivity index (χ0) is 14.5. The van der Waals surface area contributed by atoms with Crippen LogP contribution < -0.4 is 10.6 Å². The number of aryl methyl sites for hydroxylation is 1. The highest BCUT2D eigenvalue weighted by atomic mass is 32.1. The second-order valence-corrected chi connectivity index (χ2v) is 4.93. The molecule has 1 unspecified atom stereocenters. The number of thiazole rings is 1. The number of carbonyl (C=O) groups is 2. The summed E-state index contributed by atoms with van der Waals surface area (Å²) in [5.74, 6) is -1.12. The number of aromatic nitrogens is 1. The van der Waals surface area contributed by atoms with Gasteiger partial charge in [0.05, 0.1) is 5.69 Å². The normalized spacial score (nSPS) is 11.7. The summed E-state index contributed by atoms with van der Waals surface area (Å²) in [6.07, 6.45) is 0. The molecule has 1 heterocycles. The smallest absolute Gasteiger partial charge is 0.330 e. The van der Waals surface area contributed by atoms with Crippen LogP contribution in [-0.2, 0) is 4.79 Å². The molecule has 0 aliphatic carbocycles. The van der Waals surface area contributed by atoms with Crippen LogP contribution in [0.15, 0.2) is 35.7 Å². The molecule has 2 aromatic rings. The van der Waals surface area contributed by atoms with Crippen LogP contribution in [0.1, 0.15) is 17.3 Å². The SMILES string of the molecule is Cc1csc(NC(=O)NC(C(=O)O)c2ccccc2)n1. The number of amides is 2. The van der Waals surface area contributed by atoms with Crippen LogP contribution in [0.4, 0.5) is 9.93 Å². The first-order valence-corrected chi connectivity index (χ1v) is 6.71. The maximum absolute atomic E-state index is 11.8. The Morgan fingerprint density at radius 1 is 1.30 bits per heavy atom. The van der Waals surface area contributed by atoms with Crippen molar-refractivity contribution in [3.8, 4) is 0 Å². The van der Waals surface area contributed by atoms with E-state index in [1.807, 2.05) is 6.92 Å². The van der Waals surface area contributed by atoms with Crippen LogP contribution >= 0.6 is 11.3 Å². The third-order valence-corrected chi connectivity index (χ3v) is 3.37. The summed E-state index contributed by atoms with van der Waals surface area (Å²) >= 11 is 1.28. The number of aliphatic carboxylic acids is 1. The molecule has 6 nitrogen and oxygen atoms in total. The molecule has 1 atom stereocenters. The van der Waals surface area contributed by atoms with E-state index in [1.54, 1.807) is 35.7 Å². The fourth-order valence-electron chi connectivity index (χ4n) is 1.61. The van der Waals surface area contributed by atoms with Crippen LogP contribution in [-0.4, -0.2) is 22.1 Å². The molecule has 0 saturated heterocycles. The number of nitrogens with one attached hydrogen (secondary N) is 2. The topological polar surface area (TPSA) is 91.3 Å². The van der Waals surface area contributed by atoms with Crippen LogP contribution in [0.2, 0.25) is 0 Å². The van der Waals surface area contributed by atoms with Crippen molar-refractivity contribution in [1.29, 1.82) is 0 Å². The Kier molecular flexibility index (Phi) is 4.31. The quantitative estimate of drug-likeness (QED) is 0.806. The first kappa shape index (κ1) is 14.0. The molecule has 0 radical (unpaired) electrons. The number of carboxylic acids is 1. The van der Waals surface area contributed by atoms with Gasteiger partial charge in [0.2, 0.25) is 0 Å². The number of nitrogens with zero attached hydrogens (tertiary/aromatic N) is 1. The molecule has 0 bridgehead atoms. The Balaban J connectivity index is 2.05. The minimum atomic E-state index is -1.12. The second kappa shape index (κ2) is 6.16. The van der Waals surface area contributed by atoms with E-state index in [2.05, 4.69) is 15.6 Å². The fourth-order valence-corrected chi connectivity index (χ4v) is 2.29. The van der Waals surface area contributed by atoms with E-state index in [1.165, 1.54) is 11.3 Å². The van der Waals surface area contributed by atoms with Crippen LogP contribution in [0.5, 0.6) is 0 Å². The molecule has 0 spiro atoms. The van der Waals surface area contributed by atoms with Gasteiger partial charge in [0.1, 0.15) is 0 Å². The molecule has 0 fully saturated rings. The molecule has 0 saturated carbocycles. The highest BCUT2D eigenvalue weighted by Crippen LogP contribution is 2.16. The van der Waals surface area contributed by atoms with E-state index >= 15 is 0 Å². The van der Waals surface area contributed by atoms with Gasteiger partial charge >= 0.3 is 12.0 Å². The minimum absolute atomic E-state index is 0.428. The number of carboxylic acid groups (broad SMARTS) is 1. The molecule has 1 aromatic carbocycles. The lowest BCUT2D eigenvalue weighted by molar-refractivity contribution is -0.139. The Bertz CT molecular complexity index is 612. The Morgan fingerprint density at radius 3 is 2.55 bits per heavy atom. The van der Waals surface area contributed by atoms with Crippen LogP contribution in [0.3, 0.4) is 0 Å². The second-order valence-electron chi connectivity index (χ2n) is 4.07. The summed E-state index contributed by atoms with van der Waals surface area (Å²) in [7, 11) is 0. The zero-order valence-corrected chi connectivity index (χ0v) is 11.5. The molecule has 20 heavy (non-hydrogen) atoms. The molecular formula is C13H13N3O3S. The lowest BCUT2D eigenvalue weighted by Gasteiger charge is -2.14. The highest BCUT2D eigenvalue weighted by Gasteiger charge is 2.22. The number of benzene rings is 1. The van der Waals surface area contributed by atoms with Crippen molar-refractivity contribution in [2.45, 2.75) is 13.0 Å². The van der Waals surface area contributed by atoms with Gasteiger partial charge in [-0.05, 0) is 12.5 Å². The third kappa shape index (κ3) is 3.55. The molecule has 2 amide bonds. The van der Waals surface area contributed by atoms with Crippen LogP contribution in [0, 0.1) is 6.92 Å². The van der Waals surface area contributed by atoms with Gasteiger partial charge in [-0.3, -0.25) is 5.32 Å². The standard InChI is InChI=1S/C13H13N3O3S/c1-8-7-20-13(14-8)16-12(19)15-10(11(17)18)9-5-3-2-4-6-9/h2-7,10H,1H3,(H,17,18)(H2,14,15,16,19). The summed E-state index contributed by atoms with van der Waals surface area (Å²) < 4.78 is 0. The van der Waals surface area contributed by atoms with Gasteiger partial charge in [0.15, 0.2) is 11.2 Å². The molecule has 1 aromatic heterocycles. The fraction of sp³-hybridized carbons (Fsp3) is 0.154. The molecule has 0 aliphatic heterocycles. The van der Waals surface area contributed by atoms with Gasteiger partial charge in [-0.25, -0.2) is 14.6 Å². The first-order chi connectivity index (χ1) is 9.56. The Morgan fingerprint density at radius 2 is 2.00 bits per heavy atom. The van der Waals surface area contributed by atoms with Crippen LogP contribution in [0.25, 0.3) is 0 Å². The van der Waals surface area contributed by atoms with Crippen molar-refractivity contribution in [3.63, 3.8) is 0 Å². The van der Waals surface area contributed by atoms with E-state index in [4.69, 9.17) is 0 Å². The number of hydrogen-bond acceptors (Lipinski definition) is 4. The van der Waals surface area contributed by atoms with Gasteiger partial charge in [0.25, 0.3) is 0 Å². The summed E-state index contributed by atoms with van der Waals surface area (Å²) in [4.78, 5) is 27.1. The minimum Gasteiger partial charge on any atom is -0.479 e. The largest absolute Gasteiger partial charge is 0.479 e. The van der Waals surface area contributed by atoms with Crippen molar-refractivity contribution >= 4 is 28.5 Å². The van der Waals surface area contributed by atoms with Crippen molar-refractivity contribution < 1.29 is 14.7 Å². The van der Waals surface area contributed by atoms with Gasteiger partial charge < -0.3 is 10.4 Å². The predicted molar refractivity (Wildman–Crippen MR) is 75.8 cm³/mol. The van der Waals surface area contributed by atoms with Crippen molar-refractivity contribution in [2.75, 3.05) is 5.32 Å². The summed E-state index contributed by atoms with van der Waals surface area (Å²) in [5.41, 5.74) is 1.30. The summed E-state index contributed by atoms with van der Waals surface area (Å²) in [6, 6.07) is 6.80. The molecule has 7 heteroatoms. The summed E-state index contributed by atoms with van der Waals surface area (Å²) in [6.45, 7) is 1.81. The predicted octanol–water partition coefficient (Wildman–Crippen LogP) is 2.40. The van der Waals surface area contributed by atoms with E-state index < -0.39 is 18.0 Å². The van der Waals surface area contributed by atoms with Gasteiger partial charge in [-0.2, -0.15) is 0 Å². The lowest BCUT2D eigenvalue weighted by atomic mass is 10.1. The van der Waals surface area contributed by atoms with Crippen molar-refractivity contribution in [1.82, 2.24) is 10.3 Å². The lowest BCUT2D eigenvalue weighted by Crippen LogP contribution is -2.36. The first-order valence-electron chi connectivity index (χ1n) is 5.83. The van der Waals surface area contributed by atoms with Crippen molar-refractivity contribution in [3.05, 3.63) is 47.0 Å². The average molecular weight is 291 g/mol.